The Labute approximate surface area is 433 Å². The topological polar surface area (TPSA) is 16.4 Å². The highest BCUT2D eigenvalue weighted by atomic mass is 16.3. The summed E-state index contributed by atoms with van der Waals surface area (Å²) >= 11 is 0. The average Bonchev–Trinajstić information content (AvgIpc) is 3.88. The van der Waals surface area contributed by atoms with Crippen molar-refractivity contribution in [1.82, 2.24) is 0 Å². The predicted molar refractivity (Wildman–Crippen MR) is 313 cm³/mol. The lowest BCUT2D eigenvalue weighted by Crippen LogP contribution is -2.37. The zero-order valence-electron chi connectivity index (χ0n) is 44.3. The molecule has 0 radical (unpaired) electrons. The third-order valence-electron chi connectivity index (χ3n) is 16.7. The number of hydrogen-bond acceptors (Lipinski definition) is 2. The van der Waals surface area contributed by atoms with E-state index in [4.69, 9.17) is 4.42 Å². The van der Waals surface area contributed by atoms with Crippen LogP contribution in [0.3, 0.4) is 0 Å². The number of hydrogen-bond donors (Lipinski definition) is 0. The Hall–Kier alpha value is -7.42. The first-order valence-electron chi connectivity index (χ1n) is 26.6. The van der Waals surface area contributed by atoms with E-state index in [2.05, 4.69) is 268 Å². The van der Waals surface area contributed by atoms with Crippen LogP contribution in [-0.4, -0.2) is 6.04 Å². The van der Waals surface area contributed by atoms with Crippen LogP contribution in [0.25, 0.3) is 71.7 Å². The second kappa shape index (κ2) is 17.4. The molecule has 0 spiro atoms. The van der Waals surface area contributed by atoms with E-state index in [0.29, 0.717) is 5.92 Å². The third kappa shape index (κ3) is 7.84. The molecule has 0 saturated heterocycles. The molecule has 0 aliphatic heterocycles. The summed E-state index contributed by atoms with van der Waals surface area (Å²) in [7, 11) is 0. The van der Waals surface area contributed by atoms with Crippen molar-refractivity contribution in [3.05, 3.63) is 233 Å². The second-order valence-corrected chi connectivity index (χ2v) is 23.8. The Morgan fingerprint density at radius 3 is 1.90 bits per heavy atom. The first-order chi connectivity index (χ1) is 35.1. The maximum absolute atomic E-state index is 6.48. The van der Waals surface area contributed by atoms with Crippen LogP contribution < -0.4 is 4.90 Å². The van der Waals surface area contributed by atoms with Gasteiger partial charge >= 0.3 is 0 Å². The van der Waals surface area contributed by atoms with Crippen LogP contribution in [0.4, 0.5) is 11.4 Å². The molecule has 2 nitrogen and oxygen atoms in total. The van der Waals surface area contributed by atoms with Gasteiger partial charge in [0.1, 0.15) is 11.2 Å². The van der Waals surface area contributed by atoms with E-state index in [1.165, 1.54) is 99.8 Å². The van der Waals surface area contributed by atoms with Crippen LogP contribution in [0.15, 0.2) is 204 Å². The second-order valence-electron chi connectivity index (χ2n) is 23.8. The molecule has 12 rings (SSSR count). The number of fused-ring (bicyclic) bond motifs is 6. The van der Waals surface area contributed by atoms with Crippen molar-refractivity contribution in [2.45, 2.75) is 97.9 Å². The van der Waals surface area contributed by atoms with Gasteiger partial charge in [0, 0.05) is 39.0 Å². The van der Waals surface area contributed by atoms with Gasteiger partial charge in [0.2, 0.25) is 0 Å². The fourth-order valence-corrected chi connectivity index (χ4v) is 12.6. The zero-order chi connectivity index (χ0) is 50.6. The minimum absolute atomic E-state index is 0.00937. The fourth-order valence-electron chi connectivity index (χ4n) is 12.6. The smallest absolute Gasteiger partial charge is 0.136 e. The number of para-hydroxylation sites is 2. The molecule has 3 aliphatic carbocycles. The molecule has 362 valence electrons. The van der Waals surface area contributed by atoms with Gasteiger partial charge < -0.3 is 9.32 Å². The van der Waals surface area contributed by atoms with Crippen LogP contribution in [0.5, 0.6) is 0 Å². The molecular weight excluding hydrogens is 883 g/mol. The van der Waals surface area contributed by atoms with Crippen molar-refractivity contribution in [3.8, 4) is 22.3 Å². The summed E-state index contributed by atoms with van der Waals surface area (Å²) in [6.07, 6.45) is 10.6. The molecule has 73 heavy (non-hydrogen) atoms. The van der Waals surface area contributed by atoms with E-state index >= 15 is 0 Å². The third-order valence-corrected chi connectivity index (χ3v) is 16.7. The molecule has 3 aliphatic rings. The Morgan fingerprint density at radius 2 is 1.16 bits per heavy atom. The fraction of sp³-hybridized carbons (Fsp3) is 0.239. The van der Waals surface area contributed by atoms with Gasteiger partial charge in [-0.1, -0.05) is 233 Å². The van der Waals surface area contributed by atoms with Crippen molar-refractivity contribution >= 4 is 60.8 Å². The van der Waals surface area contributed by atoms with E-state index < -0.39 is 0 Å². The minimum atomic E-state index is -0.0364. The molecule has 3 atom stereocenters. The number of rotatable bonds is 7. The van der Waals surface area contributed by atoms with Crippen molar-refractivity contribution in [2.24, 2.45) is 11.8 Å². The lowest BCUT2D eigenvalue weighted by Gasteiger charge is -2.39. The average molecular weight is 950 g/mol. The molecule has 0 saturated carbocycles. The molecule has 3 unspecified atom stereocenters. The molecule has 9 aromatic rings. The zero-order valence-corrected chi connectivity index (χ0v) is 44.3. The maximum Gasteiger partial charge on any atom is 0.136 e. The van der Waals surface area contributed by atoms with Gasteiger partial charge in [-0.2, -0.15) is 0 Å². The molecule has 0 bridgehead atoms. The monoisotopic (exact) mass is 950 g/mol. The van der Waals surface area contributed by atoms with E-state index in [-0.39, 0.29) is 28.2 Å². The Kier molecular flexibility index (Phi) is 11.1. The van der Waals surface area contributed by atoms with E-state index in [9.17, 15) is 0 Å². The van der Waals surface area contributed by atoms with Gasteiger partial charge in [-0.3, -0.25) is 0 Å². The van der Waals surface area contributed by atoms with Crippen molar-refractivity contribution in [1.29, 1.82) is 0 Å². The summed E-state index contributed by atoms with van der Waals surface area (Å²) < 4.78 is 6.48. The number of nitrogens with zero attached hydrogens (tertiary/aromatic N) is 1. The van der Waals surface area contributed by atoms with Crippen molar-refractivity contribution in [3.63, 3.8) is 0 Å². The van der Waals surface area contributed by atoms with E-state index in [0.717, 1.165) is 28.7 Å². The quantitative estimate of drug-likeness (QED) is 0.158. The summed E-state index contributed by atoms with van der Waals surface area (Å²) in [6.45, 7) is 23.6. The molecule has 0 N–H and O–H groups in total. The van der Waals surface area contributed by atoms with Gasteiger partial charge in [0.05, 0.1) is 6.04 Å². The van der Waals surface area contributed by atoms with Gasteiger partial charge in [-0.05, 0) is 137 Å². The SMILES string of the molecule is CC1CC2=C(C=C1c1ccc(N(c3ccccc3-c3cccc4cccc(-c5cc(C(C)(C)C)cc(C(C)(C)C)c5)c34)C3C=CC=C(c4cccc5oc6ccccc6c45)C3C)cc1)C(C)(C)c1ccccc12. The molecule has 1 aromatic heterocycles. The van der Waals surface area contributed by atoms with Crippen LogP contribution in [0, 0.1) is 11.8 Å². The molecule has 2 heteroatoms. The van der Waals surface area contributed by atoms with Gasteiger partial charge in [-0.15, -0.1) is 0 Å². The number of allylic oxidation sites excluding steroid dienone is 6. The number of anilines is 2. The first kappa shape index (κ1) is 46.6. The lowest BCUT2D eigenvalue weighted by molar-refractivity contribution is 0.569. The Morgan fingerprint density at radius 1 is 0.548 bits per heavy atom. The molecule has 8 aromatic carbocycles. The van der Waals surface area contributed by atoms with Gasteiger partial charge in [-0.25, -0.2) is 0 Å². The van der Waals surface area contributed by atoms with E-state index in [1.807, 2.05) is 0 Å². The van der Waals surface area contributed by atoms with Crippen molar-refractivity contribution in [2.75, 3.05) is 4.90 Å². The summed E-state index contributed by atoms with van der Waals surface area (Å²) in [5.74, 6) is 0.497. The summed E-state index contributed by atoms with van der Waals surface area (Å²) in [6, 6.07) is 63.8. The Balaban J connectivity index is 1.03. The summed E-state index contributed by atoms with van der Waals surface area (Å²) in [5.41, 5.74) is 22.9. The molecular formula is C71H67NO. The molecule has 0 fully saturated rings. The van der Waals surface area contributed by atoms with Crippen LogP contribution in [0.1, 0.15) is 109 Å². The first-order valence-corrected chi connectivity index (χ1v) is 26.6. The standard InChI is InChI=1S/C71H67NO/c1-44-39-60-54-23-11-14-30-61(54)71(9,10)62(60)43-59(44)46-35-37-51(38-36-46)72(63-32-19-26-52(45(63)2)56-29-20-34-66-68(56)58-25-13-16-33-65(58)73-66)64-31-15-12-24-55(64)57-28-18-22-47-21-17-27-53(67(47)57)48-40-49(69(3,4)5)42-50(41-48)70(6,7)8/h11-38,40-45,63H,39H2,1-10H3. The molecule has 1 heterocycles. The van der Waals surface area contributed by atoms with Gasteiger partial charge in [0.25, 0.3) is 0 Å². The maximum atomic E-state index is 6.48. The van der Waals surface area contributed by atoms with Crippen LogP contribution >= 0.6 is 0 Å². The van der Waals surface area contributed by atoms with Crippen molar-refractivity contribution < 1.29 is 4.42 Å². The van der Waals surface area contributed by atoms with Crippen LogP contribution in [0.2, 0.25) is 0 Å². The lowest BCUT2D eigenvalue weighted by atomic mass is 9.75. The van der Waals surface area contributed by atoms with E-state index in [1.54, 1.807) is 0 Å². The largest absolute Gasteiger partial charge is 0.456 e. The summed E-state index contributed by atoms with van der Waals surface area (Å²) in [4.78, 5) is 2.64. The molecule has 0 amide bonds. The number of benzene rings is 8. The van der Waals surface area contributed by atoms with Gasteiger partial charge in [0.15, 0.2) is 0 Å². The highest BCUT2D eigenvalue weighted by Gasteiger charge is 2.40. The number of furan rings is 1. The van der Waals surface area contributed by atoms with Crippen LogP contribution in [-0.2, 0) is 16.2 Å². The minimum Gasteiger partial charge on any atom is -0.456 e. The Bertz CT molecular complexity index is 3760. The normalized spacial score (nSPS) is 18.5. The summed E-state index contributed by atoms with van der Waals surface area (Å²) in [5, 5.41) is 4.83. The highest BCUT2D eigenvalue weighted by molar-refractivity contribution is 6.11. The highest BCUT2D eigenvalue weighted by Crippen LogP contribution is 2.54. The predicted octanol–water partition coefficient (Wildman–Crippen LogP) is 19.6.